The molecule has 0 heterocycles. The lowest BCUT2D eigenvalue weighted by atomic mass is 10.0. The number of amides is 1. The normalized spacial score (nSPS) is 11.6. The molecular weight excluding hydrogens is 325 g/mol. The maximum absolute atomic E-state index is 13.6. The molecule has 0 bridgehead atoms. The first-order chi connectivity index (χ1) is 12.0. The fourth-order valence-electron chi connectivity index (χ4n) is 2.48. The molecule has 6 heteroatoms. The minimum atomic E-state index is -1.02. The van der Waals surface area contributed by atoms with Gasteiger partial charge in [-0.05, 0) is 35.7 Å². The van der Waals surface area contributed by atoms with E-state index in [-0.39, 0.29) is 31.0 Å². The fraction of sp³-hybridized carbons (Fsp3) is 0.263. The van der Waals surface area contributed by atoms with Crippen LogP contribution in [-0.4, -0.2) is 24.1 Å². The number of hydrogen-bond acceptors (Lipinski definition) is 3. The van der Waals surface area contributed by atoms with Crippen molar-refractivity contribution in [1.82, 2.24) is 5.32 Å². The second kappa shape index (κ2) is 8.82. The van der Waals surface area contributed by atoms with E-state index in [1.54, 1.807) is 42.5 Å². The molecule has 5 nitrogen and oxygen atoms in total. The standard InChI is InChI=1S/C19H20FNO4/c1-25-15-9-6-14(7-10-15)17(12-19(23)24)21-18(22)11-8-13-4-2-3-5-16(13)20/h2-7,9-10,17H,8,11-12H2,1H3,(H,21,22)(H,23,24)/t17-/m0/s1. The van der Waals surface area contributed by atoms with E-state index in [1.807, 2.05) is 0 Å². The molecule has 2 rings (SSSR count). The average molecular weight is 345 g/mol. The second-order valence-electron chi connectivity index (χ2n) is 5.58. The Balaban J connectivity index is 2.01. The van der Waals surface area contributed by atoms with Crippen LogP contribution in [0.3, 0.4) is 0 Å². The van der Waals surface area contributed by atoms with Crippen LogP contribution in [-0.2, 0) is 16.0 Å². The van der Waals surface area contributed by atoms with Crippen molar-refractivity contribution in [2.24, 2.45) is 0 Å². The third kappa shape index (κ3) is 5.60. The lowest BCUT2D eigenvalue weighted by Crippen LogP contribution is -2.30. The van der Waals surface area contributed by atoms with Gasteiger partial charge in [0.05, 0.1) is 19.6 Å². The van der Waals surface area contributed by atoms with Crippen LogP contribution in [0.5, 0.6) is 5.75 Å². The van der Waals surface area contributed by atoms with Crippen LogP contribution in [0.15, 0.2) is 48.5 Å². The van der Waals surface area contributed by atoms with Gasteiger partial charge < -0.3 is 15.2 Å². The molecular formula is C19H20FNO4. The molecule has 1 atom stereocenters. The Hall–Kier alpha value is -2.89. The van der Waals surface area contributed by atoms with Gasteiger partial charge >= 0.3 is 5.97 Å². The van der Waals surface area contributed by atoms with Crippen LogP contribution >= 0.6 is 0 Å². The predicted molar refractivity (Wildman–Crippen MR) is 90.9 cm³/mol. The Morgan fingerprint density at radius 2 is 1.84 bits per heavy atom. The Morgan fingerprint density at radius 1 is 1.16 bits per heavy atom. The highest BCUT2D eigenvalue weighted by atomic mass is 19.1. The molecule has 2 N–H and O–H groups in total. The number of aliphatic carboxylic acids is 1. The van der Waals surface area contributed by atoms with E-state index >= 15 is 0 Å². The van der Waals surface area contributed by atoms with Gasteiger partial charge in [-0.3, -0.25) is 9.59 Å². The highest BCUT2D eigenvalue weighted by Gasteiger charge is 2.18. The molecule has 0 unspecified atom stereocenters. The summed E-state index contributed by atoms with van der Waals surface area (Å²) in [4.78, 5) is 23.3. The molecule has 2 aromatic carbocycles. The molecule has 0 aromatic heterocycles. The van der Waals surface area contributed by atoms with Crippen molar-refractivity contribution in [3.63, 3.8) is 0 Å². The summed E-state index contributed by atoms with van der Waals surface area (Å²) in [6.07, 6.45) is 0.0892. The first-order valence-electron chi connectivity index (χ1n) is 7.88. The lowest BCUT2D eigenvalue weighted by molar-refractivity contribution is -0.137. The number of ether oxygens (including phenoxy) is 1. The molecule has 1 amide bonds. The van der Waals surface area contributed by atoms with Gasteiger partial charge in [0.15, 0.2) is 0 Å². The van der Waals surface area contributed by atoms with E-state index in [1.165, 1.54) is 13.2 Å². The average Bonchev–Trinajstić information content (AvgIpc) is 2.60. The Bertz CT molecular complexity index is 730. The van der Waals surface area contributed by atoms with Crippen LogP contribution in [0.25, 0.3) is 0 Å². The number of halogens is 1. The maximum Gasteiger partial charge on any atom is 0.305 e. The van der Waals surface area contributed by atoms with Gasteiger partial charge in [0.2, 0.25) is 5.91 Å². The van der Waals surface area contributed by atoms with Crippen LogP contribution in [0, 0.1) is 5.82 Å². The minimum Gasteiger partial charge on any atom is -0.497 e. The number of carboxylic acid groups (broad SMARTS) is 1. The van der Waals surface area contributed by atoms with E-state index in [2.05, 4.69) is 5.32 Å². The zero-order valence-electron chi connectivity index (χ0n) is 13.9. The quantitative estimate of drug-likeness (QED) is 0.771. The highest BCUT2D eigenvalue weighted by molar-refractivity contribution is 5.78. The Morgan fingerprint density at radius 3 is 2.44 bits per heavy atom. The number of methoxy groups -OCH3 is 1. The molecule has 2 aromatic rings. The molecule has 0 radical (unpaired) electrons. The number of carbonyl (C=O) groups is 2. The van der Waals surface area contributed by atoms with Gasteiger partial charge in [-0.25, -0.2) is 4.39 Å². The van der Waals surface area contributed by atoms with Crippen molar-refractivity contribution in [2.75, 3.05) is 7.11 Å². The summed E-state index contributed by atoms with van der Waals surface area (Å²) in [5, 5.41) is 11.8. The number of hydrogen-bond donors (Lipinski definition) is 2. The van der Waals surface area contributed by atoms with E-state index in [0.717, 1.165) is 0 Å². The third-order valence-corrected chi connectivity index (χ3v) is 3.81. The summed E-state index contributed by atoms with van der Waals surface area (Å²) in [5.41, 5.74) is 1.12. The van der Waals surface area contributed by atoms with Crippen molar-refractivity contribution >= 4 is 11.9 Å². The molecule has 0 aliphatic carbocycles. The van der Waals surface area contributed by atoms with Crippen LogP contribution in [0.1, 0.15) is 30.0 Å². The number of rotatable bonds is 8. The molecule has 0 saturated carbocycles. The van der Waals surface area contributed by atoms with E-state index < -0.39 is 12.0 Å². The molecule has 25 heavy (non-hydrogen) atoms. The number of nitrogens with one attached hydrogen (secondary N) is 1. The summed E-state index contributed by atoms with van der Waals surface area (Å²) < 4.78 is 18.7. The minimum absolute atomic E-state index is 0.0766. The van der Waals surface area contributed by atoms with E-state index in [0.29, 0.717) is 16.9 Å². The number of aryl methyl sites for hydroxylation is 1. The third-order valence-electron chi connectivity index (χ3n) is 3.81. The van der Waals surface area contributed by atoms with E-state index in [9.17, 15) is 14.0 Å². The van der Waals surface area contributed by atoms with Crippen molar-refractivity contribution in [2.45, 2.75) is 25.3 Å². The lowest BCUT2D eigenvalue weighted by Gasteiger charge is -2.18. The zero-order valence-corrected chi connectivity index (χ0v) is 13.9. The molecule has 132 valence electrons. The monoisotopic (exact) mass is 345 g/mol. The summed E-state index contributed by atoms with van der Waals surface area (Å²) >= 11 is 0. The van der Waals surface area contributed by atoms with E-state index in [4.69, 9.17) is 9.84 Å². The van der Waals surface area contributed by atoms with Crippen LogP contribution in [0.2, 0.25) is 0 Å². The molecule has 0 spiro atoms. The second-order valence-corrected chi connectivity index (χ2v) is 5.58. The summed E-state index contributed by atoms with van der Waals surface area (Å²) in [5.74, 6) is -1.06. The number of carboxylic acids is 1. The number of benzene rings is 2. The van der Waals surface area contributed by atoms with Crippen molar-refractivity contribution in [1.29, 1.82) is 0 Å². The molecule has 0 aliphatic heterocycles. The van der Waals surface area contributed by atoms with Gasteiger partial charge in [0.1, 0.15) is 11.6 Å². The topological polar surface area (TPSA) is 75.6 Å². The van der Waals surface area contributed by atoms with Gasteiger partial charge in [-0.15, -0.1) is 0 Å². The van der Waals surface area contributed by atoms with Gasteiger partial charge in [-0.2, -0.15) is 0 Å². The largest absolute Gasteiger partial charge is 0.497 e. The first-order valence-corrected chi connectivity index (χ1v) is 7.88. The smallest absolute Gasteiger partial charge is 0.305 e. The van der Waals surface area contributed by atoms with Gasteiger partial charge in [-0.1, -0.05) is 30.3 Å². The molecule has 0 fully saturated rings. The summed E-state index contributed by atoms with van der Waals surface area (Å²) in [6, 6.07) is 12.4. The van der Waals surface area contributed by atoms with Crippen LogP contribution in [0.4, 0.5) is 4.39 Å². The van der Waals surface area contributed by atoms with Gasteiger partial charge in [0.25, 0.3) is 0 Å². The molecule has 0 saturated heterocycles. The van der Waals surface area contributed by atoms with Crippen molar-refractivity contribution in [3.05, 3.63) is 65.5 Å². The summed E-state index contributed by atoms with van der Waals surface area (Å²) in [6.45, 7) is 0. The van der Waals surface area contributed by atoms with Crippen LogP contribution < -0.4 is 10.1 Å². The number of carbonyl (C=O) groups excluding carboxylic acids is 1. The first kappa shape index (κ1) is 18.4. The zero-order chi connectivity index (χ0) is 18.2. The Kier molecular flexibility index (Phi) is 6.51. The highest BCUT2D eigenvalue weighted by Crippen LogP contribution is 2.21. The Labute approximate surface area is 145 Å². The SMILES string of the molecule is COc1ccc([C@H](CC(=O)O)NC(=O)CCc2ccccc2F)cc1. The van der Waals surface area contributed by atoms with Gasteiger partial charge in [0, 0.05) is 6.42 Å². The van der Waals surface area contributed by atoms with Crippen molar-refractivity contribution in [3.8, 4) is 5.75 Å². The molecule has 0 aliphatic rings. The summed E-state index contributed by atoms with van der Waals surface area (Å²) in [7, 11) is 1.54. The van der Waals surface area contributed by atoms with Crippen molar-refractivity contribution < 1.29 is 23.8 Å². The predicted octanol–water partition coefficient (Wildman–Crippen LogP) is 3.10. The fourth-order valence-corrected chi connectivity index (χ4v) is 2.48. The maximum atomic E-state index is 13.6.